The summed E-state index contributed by atoms with van der Waals surface area (Å²) in [5.41, 5.74) is 0. The van der Waals surface area contributed by atoms with Crippen LogP contribution < -0.4 is 0 Å². The lowest BCUT2D eigenvalue weighted by atomic mass is 10.1. The van der Waals surface area contributed by atoms with Crippen LogP contribution >= 0.6 is 0 Å². The normalized spacial score (nSPS) is 10.4. The maximum atomic E-state index is 11.8. The highest BCUT2D eigenvalue weighted by Gasteiger charge is 2.19. The number of hydrogen-bond donors (Lipinski definition) is 0. The van der Waals surface area contributed by atoms with Crippen molar-refractivity contribution in [3.63, 3.8) is 0 Å². The number of imide groups is 1. The van der Waals surface area contributed by atoms with Crippen molar-refractivity contribution in [3.05, 3.63) is 24.2 Å². The van der Waals surface area contributed by atoms with Crippen LogP contribution in [0.25, 0.3) is 0 Å². The minimum absolute atomic E-state index is 0.142. The van der Waals surface area contributed by atoms with Gasteiger partial charge in [0.15, 0.2) is 5.76 Å². The van der Waals surface area contributed by atoms with E-state index in [4.69, 9.17) is 4.42 Å². The number of furan rings is 1. The molecular formula is C15H23NO3. The van der Waals surface area contributed by atoms with Gasteiger partial charge in [-0.15, -0.1) is 0 Å². The van der Waals surface area contributed by atoms with Gasteiger partial charge in [-0.05, 0) is 18.6 Å². The molecule has 0 aliphatic carbocycles. The molecule has 1 rings (SSSR count). The lowest BCUT2D eigenvalue weighted by molar-refractivity contribution is -0.127. The SMILES string of the molecule is CCCCCCCCC(=O)N(C)C(=O)c1ccco1. The number of amides is 2. The van der Waals surface area contributed by atoms with E-state index in [1.54, 1.807) is 12.1 Å². The van der Waals surface area contributed by atoms with Crippen molar-refractivity contribution < 1.29 is 14.0 Å². The second kappa shape index (κ2) is 8.51. The lowest BCUT2D eigenvalue weighted by Crippen LogP contribution is -2.32. The molecule has 0 aliphatic heterocycles. The molecule has 1 heterocycles. The molecule has 0 saturated carbocycles. The minimum Gasteiger partial charge on any atom is -0.459 e. The Kier molecular flexibility index (Phi) is 6.93. The molecule has 0 radical (unpaired) electrons. The zero-order valence-corrected chi connectivity index (χ0v) is 11.9. The maximum Gasteiger partial charge on any atom is 0.295 e. The summed E-state index contributed by atoms with van der Waals surface area (Å²) in [5.74, 6) is -0.309. The first kappa shape index (κ1) is 15.5. The fourth-order valence-corrected chi connectivity index (χ4v) is 1.90. The van der Waals surface area contributed by atoms with Gasteiger partial charge in [-0.25, -0.2) is 0 Å². The largest absolute Gasteiger partial charge is 0.459 e. The van der Waals surface area contributed by atoms with Gasteiger partial charge in [0, 0.05) is 13.5 Å². The Hall–Kier alpha value is -1.58. The second-order valence-corrected chi connectivity index (χ2v) is 4.75. The highest BCUT2D eigenvalue weighted by atomic mass is 16.3. The predicted octanol–water partition coefficient (Wildman–Crippen LogP) is 3.63. The van der Waals surface area contributed by atoms with Crippen molar-refractivity contribution in [2.45, 2.75) is 51.9 Å². The second-order valence-electron chi connectivity index (χ2n) is 4.75. The predicted molar refractivity (Wildman–Crippen MR) is 73.8 cm³/mol. The fraction of sp³-hybridized carbons (Fsp3) is 0.600. The molecule has 4 heteroatoms. The Morgan fingerprint density at radius 2 is 1.84 bits per heavy atom. The Bertz CT molecular complexity index is 384. The van der Waals surface area contributed by atoms with Gasteiger partial charge in [-0.3, -0.25) is 14.5 Å². The Morgan fingerprint density at radius 1 is 1.16 bits per heavy atom. The number of carbonyl (C=O) groups excluding carboxylic acids is 2. The van der Waals surface area contributed by atoms with Crippen molar-refractivity contribution in [2.75, 3.05) is 7.05 Å². The van der Waals surface area contributed by atoms with Crippen LogP contribution in [0.1, 0.15) is 62.4 Å². The zero-order chi connectivity index (χ0) is 14.1. The van der Waals surface area contributed by atoms with Crippen LogP contribution in [0.2, 0.25) is 0 Å². The van der Waals surface area contributed by atoms with E-state index >= 15 is 0 Å². The Labute approximate surface area is 114 Å². The average Bonchev–Trinajstić information content (AvgIpc) is 2.94. The van der Waals surface area contributed by atoms with Crippen LogP contribution in [0.4, 0.5) is 0 Å². The van der Waals surface area contributed by atoms with Gasteiger partial charge in [0.05, 0.1) is 6.26 Å². The summed E-state index contributed by atoms with van der Waals surface area (Å²) in [6, 6.07) is 3.20. The number of carbonyl (C=O) groups is 2. The fourth-order valence-electron chi connectivity index (χ4n) is 1.90. The van der Waals surface area contributed by atoms with E-state index < -0.39 is 0 Å². The molecule has 0 saturated heterocycles. The molecular weight excluding hydrogens is 242 g/mol. The molecule has 19 heavy (non-hydrogen) atoms. The van der Waals surface area contributed by atoms with Crippen molar-refractivity contribution in [3.8, 4) is 0 Å². The van der Waals surface area contributed by atoms with Crippen molar-refractivity contribution in [1.82, 2.24) is 4.90 Å². The van der Waals surface area contributed by atoms with E-state index in [1.807, 2.05) is 0 Å². The summed E-state index contributed by atoms with van der Waals surface area (Å²) in [5, 5.41) is 0. The first-order chi connectivity index (χ1) is 9.16. The minimum atomic E-state index is -0.374. The van der Waals surface area contributed by atoms with Gasteiger partial charge < -0.3 is 4.42 Å². The summed E-state index contributed by atoms with van der Waals surface area (Å²) in [7, 11) is 1.50. The van der Waals surface area contributed by atoms with Crippen molar-refractivity contribution >= 4 is 11.8 Å². The van der Waals surface area contributed by atoms with E-state index in [2.05, 4.69) is 6.92 Å². The molecule has 106 valence electrons. The first-order valence-electron chi connectivity index (χ1n) is 7.01. The standard InChI is InChI=1S/C15H23NO3/c1-3-4-5-6-7-8-11-14(17)16(2)15(18)13-10-9-12-19-13/h9-10,12H,3-8,11H2,1-2H3. The molecule has 0 spiro atoms. The van der Waals surface area contributed by atoms with Gasteiger partial charge in [-0.2, -0.15) is 0 Å². The molecule has 0 unspecified atom stereocenters. The van der Waals surface area contributed by atoms with Crippen LogP contribution in [0.5, 0.6) is 0 Å². The Morgan fingerprint density at radius 3 is 2.47 bits per heavy atom. The summed E-state index contributed by atoms with van der Waals surface area (Å²) >= 11 is 0. The van der Waals surface area contributed by atoms with Gasteiger partial charge in [-0.1, -0.05) is 39.0 Å². The van der Waals surface area contributed by atoms with Crippen LogP contribution in [0.3, 0.4) is 0 Å². The topological polar surface area (TPSA) is 50.5 Å². The van der Waals surface area contributed by atoms with Gasteiger partial charge in [0.1, 0.15) is 0 Å². The molecule has 1 aromatic rings. The highest BCUT2D eigenvalue weighted by molar-refractivity contribution is 6.02. The van der Waals surface area contributed by atoms with Crippen LogP contribution in [0, 0.1) is 0 Å². The monoisotopic (exact) mass is 265 g/mol. The lowest BCUT2D eigenvalue weighted by Gasteiger charge is -2.13. The summed E-state index contributed by atoms with van der Waals surface area (Å²) < 4.78 is 4.99. The number of hydrogen-bond acceptors (Lipinski definition) is 3. The maximum absolute atomic E-state index is 11.8. The molecule has 0 N–H and O–H groups in total. The van der Waals surface area contributed by atoms with Gasteiger partial charge in [0.25, 0.3) is 5.91 Å². The highest BCUT2D eigenvalue weighted by Crippen LogP contribution is 2.10. The molecule has 0 fully saturated rings. The molecule has 0 bridgehead atoms. The van der Waals surface area contributed by atoms with Crippen LogP contribution in [-0.4, -0.2) is 23.8 Å². The molecule has 2 amide bonds. The van der Waals surface area contributed by atoms with E-state index in [0.29, 0.717) is 6.42 Å². The van der Waals surface area contributed by atoms with Crippen molar-refractivity contribution in [2.24, 2.45) is 0 Å². The summed E-state index contributed by atoms with van der Waals surface area (Å²) in [4.78, 5) is 24.8. The van der Waals surface area contributed by atoms with Crippen LogP contribution in [-0.2, 0) is 4.79 Å². The van der Waals surface area contributed by atoms with Crippen LogP contribution in [0.15, 0.2) is 22.8 Å². The molecule has 0 aliphatic rings. The first-order valence-corrected chi connectivity index (χ1v) is 7.01. The van der Waals surface area contributed by atoms with E-state index in [-0.39, 0.29) is 17.6 Å². The molecule has 1 aromatic heterocycles. The number of unbranched alkanes of at least 4 members (excludes halogenated alkanes) is 5. The molecule has 0 aromatic carbocycles. The van der Waals surface area contributed by atoms with Crippen molar-refractivity contribution in [1.29, 1.82) is 0 Å². The smallest absolute Gasteiger partial charge is 0.295 e. The summed E-state index contributed by atoms with van der Waals surface area (Å²) in [6.07, 6.45) is 8.62. The third-order valence-electron chi connectivity index (χ3n) is 3.15. The van der Waals surface area contributed by atoms with Gasteiger partial charge >= 0.3 is 0 Å². The number of rotatable bonds is 8. The summed E-state index contributed by atoms with van der Waals surface area (Å²) in [6.45, 7) is 2.18. The molecule has 4 nitrogen and oxygen atoms in total. The van der Waals surface area contributed by atoms with E-state index in [9.17, 15) is 9.59 Å². The average molecular weight is 265 g/mol. The Balaban J connectivity index is 2.23. The van der Waals surface area contributed by atoms with E-state index in [0.717, 1.165) is 24.2 Å². The quantitative estimate of drug-likeness (QED) is 0.674. The third-order valence-corrected chi connectivity index (χ3v) is 3.15. The third kappa shape index (κ3) is 5.28. The molecule has 0 atom stereocenters. The number of nitrogens with zero attached hydrogens (tertiary/aromatic N) is 1. The zero-order valence-electron chi connectivity index (χ0n) is 11.9. The van der Waals surface area contributed by atoms with Gasteiger partial charge in [0.2, 0.25) is 5.91 Å². The van der Waals surface area contributed by atoms with E-state index in [1.165, 1.54) is 32.6 Å².